The zero-order chi connectivity index (χ0) is 14.6. The van der Waals surface area contributed by atoms with E-state index >= 15 is 0 Å². The van der Waals surface area contributed by atoms with Gasteiger partial charge in [0.2, 0.25) is 10.0 Å². The highest BCUT2D eigenvalue weighted by Gasteiger charge is 2.13. The predicted octanol–water partition coefficient (Wildman–Crippen LogP) is 2.08. The van der Waals surface area contributed by atoms with E-state index in [4.69, 9.17) is 11.0 Å². The van der Waals surface area contributed by atoms with Crippen LogP contribution in [-0.4, -0.2) is 8.42 Å². The highest BCUT2D eigenvalue weighted by atomic mass is 32.2. The summed E-state index contributed by atoms with van der Waals surface area (Å²) >= 11 is 0. The minimum Gasteiger partial charge on any atom is -0.399 e. The Morgan fingerprint density at radius 3 is 2.40 bits per heavy atom. The molecular formula is C14H13N3O2S. The van der Waals surface area contributed by atoms with Gasteiger partial charge in [-0.25, -0.2) is 8.42 Å². The molecule has 0 amide bonds. The summed E-state index contributed by atoms with van der Waals surface area (Å²) in [6.07, 6.45) is 0. The van der Waals surface area contributed by atoms with E-state index in [0.29, 0.717) is 11.3 Å². The quantitative estimate of drug-likeness (QED) is 0.841. The zero-order valence-corrected chi connectivity index (χ0v) is 11.4. The lowest BCUT2D eigenvalue weighted by atomic mass is 10.2. The molecule has 6 heteroatoms. The molecule has 0 aliphatic carbocycles. The van der Waals surface area contributed by atoms with E-state index in [1.807, 2.05) is 6.07 Å². The van der Waals surface area contributed by atoms with Gasteiger partial charge in [0, 0.05) is 5.69 Å². The third kappa shape index (κ3) is 3.49. The van der Waals surface area contributed by atoms with Crippen molar-refractivity contribution in [3.63, 3.8) is 0 Å². The Balaban J connectivity index is 2.19. The molecule has 2 rings (SSSR count). The Kier molecular flexibility index (Phi) is 3.91. The van der Waals surface area contributed by atoms with Gasteiger partial charge in [-0.3, -0.25) is 4.72 Å². The number of nitrogen functional groups attached to an aromatic ring is 1. The number of rotatable bonds is 4. The summed E-state index contributed by atoms with van der Waals surface area (Å²) in [7, 11) is -3.58. The molecule has 0 radical (unpaired) electrons. The molecule has 0 saturated heterocycles. The fourth-order valence-electron chi connectivity index (χ4n) is 1.71. The topological polar surface area (TPSA) is 96.0 Å². The van der Waals surface area contributed by atoms with Crippen LogP contribution in [0.3, 0.4) is 0 Å². The van der Waals surface area contributed by atoms with Crippen LogP contribution in [0.4, 0.5) is 11.4 Å². The lowest BCUT2D eigenvalue weighted by Gasteiger charge is -2.09. The summed E-state index contributed by atoms with van der Waals surface area (Å²) < 4.78 is 26.6. The number of hydrogen-bond donors (Lipinski definition) is 2. The van der Waals surface area contributed by atoms with Crippen molar-refractivity contribution in [1.29, 1.82) is 5.26 Å². The summed E-state index contributed by atoms with van der Waals surface area (Å²) in [4.78, 5) is 0. The second kappa shape index (κ2) is 5.63. The van der Waals surface area contributed by atoms with Crippen LogP contribution in [-0.2, 0) is 15.8 Å². The van der Waals surface area contributed by atoms with Crippen molar-refractivity contribution < 1.29 is 8.42 Å². The van der Waals surface area contributed by atoms with E-state index in [9.17, 15) is 8.42 Å². The molecule has 0 aliphatic heterocycles. The van der Waals surface area contributed by atoms with Gasteiger partial charge < -0.3 is 5.73 Å². The minimum atomic E-state index is -3.58. The number of para-hydroxylation sites is 1. The highest BCUT2D eigenvalue weighted by molar-refractivity contribution is 7.91. The molecule has 5 nitrogen and oxygen atoms in total. The summed E-state index contributed by atoms with van der Waals surface area (Å²) in [5.74, 6) is -0.174. The molecule has 0 aromatic heterocycles. The monoisotopic (exact) mass is 287 g/mol. The van der Waals surface area contributed by atoms with Crippen molar-refractivity contribution in [3.05, 3.63) is 59.7 Å². The minimum absolute atomic E-state index is 0.174. The largest absolute Gasteiger partial charge is 0.399 e. The lowest BCUT2D eigenvalue weighted by molar-refractivity contribution is 0.600. The van der Waals surface area contributed by atoms with Crippen LogP contribution in [0.1, 0.15) is 11.1 Å². The van der Waals surface area contributed by atoms with Gasteiger partial charge in [-0.05, 0) is 29.8 Å². The Labute approximate surface area is 117 Å². The number of nitrogens with zero attached hydrogens (tertiary/aromatic N) is 1. The Morgan fingerprint density at radius 2 is 1.75 bits per heavy atom. The summed E-state index contributed by atoms with van der Waals surface area (Å²) in [6, 6.07) is 15.0. The van der Waals surface area contributed by atoms with Crippen molar-refractivity contribution in [2.45, 2.75) is 5.75 Å². The van der Waals surface area contributed by atoms with Gasteiger partial charge in [0.05, 0.1) is 17.0 Å². The maximum atomic E-state index is 12.1. The number of nitrogens with two attached hydrogens (primary N) is 1. The second-order valence-corrected chi connectivity index (χ2v) is 5.98. The Morgan fingerprint density at radius 1 is 1.10 bits per heavy atom. The molecule has 0 saturated carbocycles. The standard InChI is InChI=1S/C14H13N3O2S/c15-9-12-3-1-2-4-14(12)17-20(18,19)10-11-5-7-13(16)8-6-11/h1-8,17H,10,16H2. The van der Waals surface area contributed by atoms with Gasteiger partial charge in [0.25, 0.3) is 0 Å². The molecule has 0 unspecified atom stereocenters. The van der Waals surface area contributed by atoms with Gasteiger partial charge in [-0.2, -0.15) is 5.26 Å². The Bertz CT molecular complexity index is 747. The number of nitriles is 1. The van der Waals surface area contributed by atoms with Crippen LogP contribution < -0.4 is 10.5 Å². The van der Waals surface area contributed by atoms with Gasteiger partial charge in [0.1, 0.15) is 6.07 Å². The van der Waals surface area contributed by atoms with Crippen LogP contribution in [0.5, 0.6) is 0 Å². The Hall–Kier alpha value is -2.52. The van der Waals surface area contributed by atoms with Crippen molar-refractivity contribution in [2.24, 2.45) is 0 Å². The highest BCUT2D eigenvalue weighted by Crippen LogP contribution is 2.17. The fraction of sp³-hybridized carbons (Fsp3) is 0.0714. The zero-order valence-electron chi connectivity index (χ0n) is 10.6. The van der Waals surface area contributed by atoms with Crippen LogP contribution in [0.15, 0.2) is 48.5 Å². The van der Waals surface area contributed by atoms with Crippen LogP contribution in [0, 0.1) is 11.3 Å². The van der Waals surface area contributed by atoms with E-state index in [1.54, 1.807) is 48.5 Å². The van der Waals surface area contributed by atoms with E-state index in [1.165, 1.54) is 0 Å². The SMILES string of the molecule is N#Cc1ccccc1NS(=O)(=O)Cc1ccc(N)cc1. The lowest BCUT2D eigenvalue weighted by Crippen LogP contribution is -2.15. The molecule has 0 spiro atoms. The molecule has 0 heterocycles. The van der Waals surface area contributed by atoms with Crippen molar-refractivity contribution >= 4 is 21.4 Å². The molecule has 3 N–H and O–H groups in total. The van der Waals surface area contributed by atoms with E-state index < -0.39 is 10.0 Å². The average molecular weight is 287 g/mol. The van der Waals surface area contributed by atoms with E-state index in [-0.39, 0.29) is 17.0 Å². The molecule has 2 aromatic carbocycles. The van der Waals surface area contributed by atoms with Crippen molar-refractivity contribution in [1.82, 2.24) is 0 Å². The van der Waals surface area contributed by atoms with Crippen LogP contribution >= 0.6 is 0 Å². The first kappa shape index (κ1) is 13.9. The van der Waals surface area contributed by atoms with Gasteiger partial charge in [-0.1, -0.05) is 24.3 Å². The number of sulfonamides is 1. The number of nitrogens with one attached hydrogen (secondary N) is 1. The first-order valence-corrected chi connectivity index (χ1v) is 7.49. The van der Waals surface area contributed by atoms with Crippen molar-refractivity contribution in [3.8, 4) is 6.07 Å². The first-order valence-electron chi connectivity index (χ1n) is 5.84. The molecular weight excluding hydrogens is 274 g/mol. The molecule has 0 aliphatic rings. The normalized spacial score (nSPS) is 10.8. The summed E-state index contributed by atoms with van der Waals surface area (Å²) in [6.45, 7) is 0. The molecule has 20 heavy (non-hydrogen) atoms. The second-order valence-electron chi connectivity index (χ2n) is 4.26. The van der Waals surface area contributed by atoms with E-state index in [0.717, 1.165) is 0 Å². The number of hydrogen-bond acceptors (Lipinski definition) is 4. The molecule has 2 aromatic rings. The van der Waals surface area contributed by atoms with Gasteiger partial charge >= 0.3 is 0 Å². The third-order valence-electron chi connectivity index (χ3n) is 2.65. The average Bonchev–Trinajstić information content (AvgIpc) is 2.41. The molecule has 0 atom stereocenters. The number of benzene rings is 2. The van der Waals surface area contributed by atoms with E-state index in [2.05, 4.69) is 4.72 Å². The summed E-state index contributed by atoms with van der Waals surface area (Å²) in [5.41, 5.74) is 7.32. The molecule has 0 fully saturated rings. The molecule has 102 valence electrons. The van der Waals surface area contributed by atoms with Crippen LogP contribution in [0.25, 0.3) is 0 Å². The maximum Gasteiger partial charge on any atom is 0.236 e. The molecule has 0 bridgehead atoms. The summed E-state index contributed by atoms with van der Waals surface area (Å²) in [5, 5.41) is 8.94. The van der Waals surface area contributed by atoms with Crippen molar-refractivity contribution in [2.75, 3.05) is 10.5 Å². The van der Waals surface area contributed by atoms with Crippen LogP contribution in [0.2, 0.25) is 0 Å². The third-order valence-corrected chi connectivity index (χ3v) is 3.89. The maximum absolute atomic E-state index is 12.1. The van der Waals surface area contributed by atoms with Gasteiger partial charge in [0.15, 0.2) is 0 Å². The fourth-order valence-corrected chi connectivity index (χ4v) is 2.92. The first-order chi connectivity index (χ1) is 9.50. The number of anilines is 2. The van der Waals surface area contributed by atoms with Gasteiger partial charge in [-0.15, -0.1) is 0 Å². The predicted molar refractivity (Wildman–Crippen MR) is 78.3 cm³/mol. The smallest absolute Gasteiger partial charge is 0.236 e.